The Morgan fingerprint density at radius 1 is 1.27 bits per heavy atom. The zero-order valence-corrected chi connectivity index (χ0v) is 14.1. The fourth-order valence-corrected chi connectivity index (χ4v) is 3.58. The molecule has 0 heterocycles. The lowest BCUT2D eigenvalue weighted by Gasteiger charge is -2.27. The van der Waals surface area contributed by atoms with Gasteiger partial charge in [0.05, 0.1) is 6.04 Å². The highest BCUT2D eigenvalue weighted by Crippen LogP contribution is 2.31. The summed E-state index contributed by atoms with van der Waals surface area (Å²) >= 11 is 3.43. The number of nitrogen functional groups attached to an aromatic ring is 1. The summed E-state index contributed by atoms with van der Waals surface area (Å²) < 4.78 is 0.986. The maximum absolute atomic E-state index is 12.6. The van der Waals surface area contributed by atoms with Crippen LogP contribution in [0.1, 0.15) is 45.9 Å². The van der Waals surface area contributed by atoms with Crippen LogP contribution >= 0.6 is 15.9 Å². The summed E-state index contributed by atoms with van der Waals surface area (Å²) in [5.74, 6) is -0.0142. The molecule has 0 radical (unpaired) electrons. The van der Waals surface area contributed by atoms with Crippen molar-refractivity contribution in [3.8, 4) is 0 Å². The predicted octanol–water partition coefficient (Wildman–Crippen LogP) is 4.15. The number of fused-ring (bicyclic) bond motifs is 1. The molecule has 0 saturated heterocycles. The van der Waals surface area contributed by atoms with Gasteiger partial charge in [-0.05, 0) is 73.2 Å². The first kappa shape index (κ1) is 15.1. The van der Waals surface area contributed by atoms with E-state index in [1.54, 1.807) is 0 Å². The van der Waals surface area contributed by atoms with Gasteiger partial charge in [0.1, 0.15) is 0 Å². The molecular formula is C18H19BrN2O. The van der Waals surface area contributed by atoms with E-state index >= 15 is 0 Å². The third-order valence-electron chi connectivity index (χ3n) is 4.22. The van der Waals surface area contributed by atoms with E-state index in [1.807, 2.05) is 43.3 Å². The number of nitrogens with two attached hydrogens (primary N) is 1. The molecule has 22 heavy (non-hydrogen) atoms. The summed E-state index contributed by atoms with van der Waals surface area (Å²) in [7, 11) is 0. The van der Waals surface area contributed by atoms with E-state index in [2.05, 4.69) is 21.2 Å². The van der Waals surface area contributed by atoms with Crippen molar-refractivity contribution < 1.29 is 4.79 Å². The molecule has 0 spiro atoms. The Morgan fingerprint density at radius 2 is 2.09 bits per heavy atom. The number of aryl methyl sites for hydroxylation is 2. The van der Waals surface area contributed by atoms with Crippen molar-refractivity contribution in [2.24, 2.45) is 0 Å². The zero-order chi connectivity index (χ0) is 15.7. The molecule has 3 nitrogen and oxygen atoms in total. The van der Waals surface area contributed by atoms with Gasteiger partial charge in [0.15, 0.2) is 0 Å². The molecule has 0 bridgehead atoms. The second-order valence-electron chi connectivity index (χ2n) is 5.84. The quantitative estimate of drug-likeness (QED) is 0.792. The summed E-state index contributed by atoms with van der Waals surface area (Å²) in [6, 6.07) is 11.8. The Labute approximate surface area is 139 Å². The largest absolute Gasteiger partial charge is 0.399 e. The van der Waals surface area contributed by atoms with Crippen LogP contribution in [0.15, 0.2) is 40.9 Å². The van der Waals surface area contributed by atoms with Crippen LogP contribution in [-0.4, -0.2) is 5.91 Å². The number of carbonyl (C=O) groups is 1. The van der Waals surface area contributed by atoms with Crippen molar-refractivity contribution in [3.05, 3.63) is 63.1 Å². The Bertz CT molecular complexity index is 727. The molecule has 1 amide bonds. The SMILES string of the molecule is Cc1cc(Br)ccc1C(=O)NC1CCCc2cc(N)ccc21. The minimum Gasteiger partial charge on any atom is -0.399 e. The Hall–Kier alpha value is -1.81. The molecule has 4 heteroatoms. The molecule has 3 rings (SSSR count). The van der Waals surface area contributed by atoms with Crippen LogP contribution < -0.4 is 11.1 Å². The second-order valence-corrected chi connectivity index (χ2v) is 6.75. The van der Waals surface area contributed by atoms with Gasteiger partial charge in [-0.25, -0.2) is 0 Å². The van der Waals surface area contributed by atoms with Gasteiger partial charge in [-0.2, -0.15) is 0 Å². The molecule has 1 unspecified atom stereocenters. The van der Waals surface area contributed by atoms with E-state index in [0.29, 0.717) is 0 Å². The van der Waals surface area contributed by atoms with E-state index in [1.165, 1.54) is 11.1 Å². The summed E-state index contributed by atoms with van der Waals surface area (Å²) in [5, 5.41) is 3.18. The van der Waals surface area contributed by atoms with Crippen molar-refractivity contribution in [3.63, 3.8) is 0 Å². The lowest BCUT2D eigenvalue weighted by atomic mass is 9.87. The van der Waals surface area contributed by atoms with Crippen molar-refractivity contribution in [1.29, 1.82) is 0 Å². The van der Waals surface area contributed by atoms with Gasteiger partial charge in [-0.3, -0.25) is 4.79 Å². The van der Waals surface area contributed by atoms with E-state index in [0.717, 1.165) is 40.5 Å². The molecule has 1 atom stereocenters. The number of hydrogen-bond donors (Lipinski definition) is 2. The number of anilines is 1. The predicted molar refractivity (Wildman–Crippen MR) is 92.9 cm³/mol. The first-order chi connectivity index (χ1) is 10.5. The highest BCUT2D eigenvalue weighted by atomic mass is 79.9. The number of hydrogen-bond acceptors (Lipinski definition) is 2. The Kier molecular flexibility index (Phi) is 4.21. The average molecular weight is 359 g/mol. The van der Waals surface area contributed by atoms with E-state index in [4.69, 9.17) is 5.73 Å². The third-order valence-corrected chi connectivity index (χ3v) is 4.71. The van der Waals surface area contributed by atoms with Crippen LogP contribution in [0, 0.1) is 6.92 Å². The lowest BCUT2D eigenvalue weighted by Crippen LogP contribution is -2.31. The van der Waals surface area contributed by atoms with Crippen LogP contribution in [-0.2, 0) is 6.42 Å². The number of nitrogens with one attached hydrogen (secondary N) is 1. The van der Waals surface area contributed by atoms with Gasteiger partial charge in [0, 0.05) is 15.7 Å². The highest BCUT2D eigenvalue weighted by Gasteiger charge is 2.22. The van der Waals surface area contributed by atoms with Gasteiger partial charge >= 0.3 is 0 Å². The lowest BCUT2D eigenvalue weighted by molar-refractivity contribution is 0.0932. The normalized spacial score (nSPS) is 16.9. The maximum Gasteiger partial charge on any atom is 0.252 e. The first-order valence-electron chi connectivity index (χ1n) is 7.50. The number of halogens is 1. The van der Waals surface area contributed by atoms with E-state index in [-0.39, 0.29) is 11.9 Å². The summed E-state index contributed by atoms with van der Waals surface area (Å²) in [6.07, 6.45) is 3.07. The van der Waals surface area contributed by atoms with E-state index < -0.39 is 0 Å². The number of carbonyl (C=O) groups excluding carboxylic acids is 1. The fourth-order valence-electron chi connectivity index (χ4n) is 3.10. The number of amides is 1. The molecule has 3 N–H and O–H groups in total. The molecule has 0 aliphatic heterocycles. The van der Waals surface area contributed by atoms with Gasteiger partial charge in [0.25, 0.3) is 5.91 Å². The average Bonchev–Trinajstić information content (AvgIpc) is 2.47. The Balaban J connectivity index is 1.84. The number of benzene rings is 2. The van der Waals surface area contributed by atoms with Crippen LogP contribution in [0.4, 0.5) is 5.69 Å². The molecule has 114 valence electrons. The summed E-state index contributed by atoms with van der Waals surface area (Å²) in [6.45, 7) is 1.95. The minimum atomic E-state index is -0.0142. The molecule has 0 fully saturated rings. The maximum atomic E-state index is 12.6. The molecule has 2 aromatic rings. The fraction of sp³-hybridized carbons (Fsp3) is 0.278. The van der Waals surface area contributed by atoms with Crippen LogP contribution in [0.5, 0.6) is 0 Å². The molecule has 0 aromatic heterocycles. The van der Waals surface area contributed by atoms with Gasteiger partial charge in [-0.15, -0.1) is 0 Å². The monoisotopic (exact) mass is 358 g/mol. The zero-order valence-electron chi connectivity index (χ0n) is 12.5. The van der Waals surface area contributed by atoms with Crippen molar-refractivity contribution in [1.82, 2.24) is 5.32 Å². The first-order valence-corrected chi connectivity index (χ1v) is 8.29. The summed E-state index contributed by atoms with van der Waals surface area (Å²) in [4.78, 5) is 12.6. The molecule has 1 aliphatic rings. The van der Waals surface area contributed by atoms with Gasteiger partial charge in [-0.1, -0.05) is 22.0 Å². The second kappa shape index (κ2) is 6.13. The van der Waals surface area contributed by atoms with Crippen LogP contribution in [0.25, 0.3) is 0 Å². The third kappa shape index (κ3) is 3.02. The topological polar surface area (TPSA) is 55.1 Å². The van der Waals surface area contributed by atoms with Gasteiger partial charge < -0.3 is 11.1 Å². The van der Waals surface area contributed by atoms with Crippen LogP contribution in [0.2, 0.25) is 0 Å². The summed E-state index contributed by atoms with van der Waals surface area (Å²) in [5.41, 5.74) is 10.8. The number of rotatable bonds is 2. The van der Waals surface area contributed by atoms with Gasteiger partial charge in [0.2, 0.25) is 0 Å². The standard InChI is InChI=1S/C18H19BrN2O/c1-11-9-13(19)5-7-15(11)18(22)21-17-4-2-3-12-10-14(20)6-8-16(12)17/h5-10,17H,2-4,20H2,1H3,(H,21,22). The van der Waals surface area contributed by atoms with E-state index in [9.17, 15) is 4.79 Å². The minimum absolute atomic E-state index is 0.0142. The highest BCUT2D eigenvalue weighted by molar-refractivity contribution is 9.10. The molecule has 1 aliphatic carbocycles. The molecule has 0 saturated carbocycles. The molecular weight excluding hydrogens is 340 g/mol. The van der Waals surface area contributed by atoms with Crippen LogP contribution in [0.3, 0.4) is 0 Å². The molecule has 2 aromatic carbocycles. The Morgan fingerprint density at radius 3 is 2.86 bits per heavy atom. The van der Waals surface area contributed by atoms with Crippen molar-refractivity contribution in [2.45, 2.75) is 32.2 Å². The van der Waals surface area contributed by atoms with Crippen molar-refractivity contribution >= 4 is 27.5 Å². The smallest absolute Gasteiger partial charge is 0.252 e. The van der Waals surface area contributed by atoms with Crippen molar-refractivity contribution in [2.75, 3.05) is 5.73 Å².